The molecule has 0 aliphatic heterocycles. The maximum atomic E-state index is 12.6. The number of ketones is 1. The summed E-state index contributed by atoms with van der Waals surface area (Å²) in [7, 11) is 0. The summed E-state index contributed by atoms with van der Waals surface area (Å²) in [6.07, 6.45) is -0.296. The highest BCUT2D eigenvalue weighted by atomic mass is 16.5. The van der Waals surface area contributed by atoms with Crippen LogP contribution in [0.4, 0.5) is 11.4 Å². The molecule has 0 saturated heterocycles. The van der Waals surface area contributed by atoms with E-state index in [0.717, 1.165) is 0 Å². The van der Waals surface area contributed by atoms with Gasteiger partial charge in [0.1, 0.15) is 17.5 Å². The number of esters is 1. The van der Waals surface area contributed by atoms with Crippen LogP contribution in [0, 0.1) is 5.92 Å². The van der Waals surface area contributed by atoms with Gasteiger partial charge in [-0.3, -0.25) is 14.4 Å². The van der Waals surface area contributed by atoms with Crippen LogP contribution in [0.15, 0.2) is 48.5 Å². The van der Waals surface area contributed by atoms with E-state index >= 15 is 0 Å². The Hall–Kier alpha value is -3.68. The maximum Gasteiger partial charge on any atom is 0.338 e. The van der Waals surface area contributed by atoms with Crippen molar-refractivity contribution in [1.29, 1.82) is 0 Å². The standard InChI is InChI=1S/C23H26N2O6/c1-4-30-19-12-10-17(11-13-19)24-21(27)14-20(15(3)26)22(28)25-18-8-6-16(7-9-18)23(29)31-5-2/h6-13,20H,4-5,14H2,1-3H3,(H,24,27)(H,25,28). The van der Waals surface area contributed by atoms with Crippen molar-refractivity contribution in [3.63, 3.8) is 0 Å². The predicted octanol–water partition coefficient (Wildman–Crippen LogP) is 3.43. The lowest BCUT2D eigenvalue weighted by Crippen LogP contribution is -2.32. The van der Waals surface area contributed by atoms with Crippen molar-refractivity contribution >= 4 is 34.9 Å². The quantitative estimate of drug-likeness (QED) is 0.445. The summed E-state index contributed by atoms with van der Waals surface area (Å²) in [6.45, 7) is 5.64. The van der Waals surface area contributed by atoms with Gasteiger partial charge in [-0.1, -0.05) is 0 Å². The molecule has 2 aromatic rings. The monoisotopic (exact) mass is 426 g/mol. The van der Waals surface area contributed by atoms with Gasteiger partial charge in [0.15, 0.2) is 0 Å². The minimum absolute atomic E-state index is 0.260. The molecule has 2 N–H and O–H groups in total. The number of rotatable bonds is 10. The molecule has 2 aromatic carbocycles. The van der Waals surface area contributed by atoms with Gasteiger partial charge in [-0.25, -0.2) is 4.79 Å². The van der Waals surface area contributed by atoms with E-state index < -0.39 is 29.5 Å². The third-order valence-corrected chi connectivity index (χ3v) is 4.31. The molecule has 0 radical (unpaired) electrons. The van der Waals surface area contributed by atoms with Crippen LogP contribution >= 0.6 is 0 Å². The molecular formula is C23H26N2O6. The molecule has 0 bridgehead atoms. The van der Waals surface area contributed by atoms with Gasteiger partial charge < -0.3 is 20.1 Å². The van der Waals surface area contributed by atoms with Crippen LogP contribution in [-0.4, -0.2) is 36.8 Å². The van der Waals surface area contributed by atoms with E-state index in [9.17, 15) is 19.2 Å². The number of carbonyl (C=O) groups is 4. The van der Waals surface area contributed by atoms with Crippen molar-refractivity contribution in [1.82, 2.24) is 0 Å². The lowest BCUT2D eigenvalue weighted by molar-refractivity contribution is -0.133. The molecule has 2 rings (SSSR count). The number of hydrogen-bond donors (Lipinski definition) is 2. The summed E-state index contributed by atoms with van der Waals surface area (Å²) in [4.78, 5) is 48.6. The molecule has 1 unspecified atom stereocenters. The van der Waals surface area contributed by atoms with Crippen LogP contribution in [0.1, 0.15) is 37.6 Å². The van der Waals surface area contributed by atoms with E-state index in [1.54, 1.807) is 31.2 Å². The van der Waals surface area contributed by atoms with Crippen LogP contribution in [0.5, 0.6) is 5.75 Å². The first-order valence-corrected chi connectivity index (χ1v) is 9.95. The van der Waals surface area contributed by atoms with Crippen LogP contribution in [-0.2, 0) is 19.1 Å². The molecule has 8 nitrogen and oxygen atoms in total. The van der Waals surface area contributed by atoms with Gasteiger partial charge in [0.05, 0.1) is 18.8 Å². The van der Waals surface area contributed by atoms with Gasteiger partial charge in [-0.05, 0) is 69.3 Å². The normalized spacial score (nSPS) is 11.2. The second kappa shape index (κ2) is 11.5. The van der Waals surface area contributed by atoms with E-state index in [-0.39, 0.29) is 13.0 Å². The largest absolute Gasteiger partial charge is 0.494 e. The predicted molar refractivity (Wildman–Crippen MR) is 116 cm³/mol. The van der Waals surface area contributed by atoms with Gasteiger partial charge in [0.25, 0.3) is 0 Å². The first-order valence-electron chi connectivity index (χ1n) is 9.95. The number of carbonyl (C=O) groups excluding carboxylic acids is 4. The Morgan fingerprint density at radius 2 is 1.42 bits per heavy atom. The Bertz CT molecular complexity index is 922. The van der Waals surface area contributed by atoms with Gasteiger partial charge >= 0.3 is 5.97 Å². The molecule has 31 heavy (non-hydrogen) atoms. The lowest BCUT2D eigenvalue weighted by atomic mass is 9.99. The van der Waals surface area contributed by atoms with Crippen LogP contribution in [0.25, 0.3) is 0 Å². The third-order valence-electron chi connectivity index (χ3n) is 4.31. The van der Waals surface area contributed by atoms with Crippen LogP contribution < -0.4 is 15.4 Å². The van der Waals surface area contributed by atoms with Gasteiger partial charge in [-0.2, -0.15) is 0 Å². The molecule has 0 aromatic heterocycles. The maximum absolute atomic E-state index is 12.6. The Morgan fingerprint density at radius 3 is 1.97 bits per heavy atom. The summed E-state index contributed by atoms with van der Waals surface area (Å²) in [6, 6.07) is 12.9. The van der Waals surface area contributed by atoms with E-state index in [1.807, 2.05) is 6.92 Å². The molecule has 1 atom stereocenters. The van der Waals surface area contributed by atoms with Gasteiger partial charge in [0.2, 0.25) is 11.8 Å². The summed E-state index contributed by atoms with van der Waals surface area (Å²) < 4.78 is 10.3. The zero-order valence-corrected chi connectivity index (χ0v) is 17.8. The molecule has 8 heteroatoms. The fourth-order valence-electron chi connectivity index (χ4n) is 2.75. The molecule has 0 aliphatic rings. The zero-order valence-electron chi connectivity index (χ0n) is 17.8. The zero-order chi connectivity index (χ0) is 22.8. The number of hydrogen-bond acceptors (Lipinski definition) is 6. The van der Waals surface area contributed by atoms with E-state index in [2.05, 4.69) is 10.6 Å². The fraction of sp³-hybridized carbons (Fsp3) is 0.304. The van der Waals surface area contributed by atoms with E-state index in [1.165, 1.54) is 31.2 Å². The Kier molecular flexibility index (Phi) is 8.75. The molecule has 0 saturated carbocycles. The van der Waals surface area contributed by atoms with Crippen molar-refractivity contribution in [3.8, 4) is 5.75 Å². The second-order valence-electron chi connectivity index (χ2n) is 6.66. The average molecular weight is 426 g/mol. The number of Topliss-reactive ketones (excluding diaryl/α,β-unsaturated/α-hetero) is 1. The highest BCUT2D eigenvalue weighted by Gasteiger charge is 2.26. The Labute approximate surface area is 180 Å². The first kappa shape index (κ1) is 23.6. The summed E-state index contributed by atoms with van der Waals surface area (Å²) >= 11 is 0. The number of amides is 2. The van der Waals surface area contributed by atoms with E-state index in [4.69, 9.17) is 9.47 Å². The first-order chi connectivity index (χ1) is 14.8. The van der Waals surface area contributed by atoms with Crippen LogP contribution in [0.3, 0.4) is 0 Å². The summed E-state index contributed by atoms with van der Waals surface area (Å²) in [5, 5.41) is 5.27. The van der Waals surface area contributed by atoms with Gasteiger partial charge in [-0.15, -0.1) is 0 Å². The minimum Gasteiger partial charge on any atom is -0.494 e. The van der Waals surface area contributed by atoms with Crippen molar-refractivity contribution in [3.05, 3.63) is 54.1 Å². The van der Waals surface area contributed by atoms with Crippen molar-refractivity contribution in [2.75, 3.05) is 23.8 Å². The molecule has 2 amide bonds. The number of anilines is 2. The smallest absolute Gasteiger partial charge is 0.338 e. The molecule has 0 fully saturated rings. The molecular weight excluding hydrogens is 400 g/mol. The molecule has 164 valence electrons. The Morgan fingerprint density at radius 1 is 0.839 bits per heavy atom. The number of ether oxygens (including phenoxy) is 2. The van der Waals surface area contributed by atoms with Crippen LogP contribution in [0.2, 0.25) is 0 Å². The number of benzene rings is 2. The summed E-state index contributed by atoms with van der Waals surface area (Å²) in [5.41, 5.74) is 1.28. The minimum atomic E-state index is -1.15. The fourth-order valence-corrected chi connectivity index (χ4v) is 2.75. The van der Waals surface area contributed by atoms with Crippen molar-refractivity contribution in [2.24, 2.45) is 5.92 Å². The van der Waals surface area contributed by atoms with E-state index in [0.29, 0.717) is 29.3 Å². The highest BCUT2D eigenvalue weighted by Crippen LogP contribution is 2.18. The highest BCUT2D eigenvalue weighted by molar-refractivity contribution is 6.09. The summed E-state index contributed by atoms with van der Waals surface area (Å²) in [5.74, 6) is -2.42. The third kappa shape index (κ3) is 7.26. The average Bonchev–Trinajstić information content (AvgIpc) is 2.74. The Balaban J connectivity index is 1.97. The molecule has 0 spiro atoms. The van der Waals surface area contributed by atoms with Crippen molar-refractivity contribution in [2.45, 2.75) is 27.2 Å². The van der Waals surface area contributed by atoms with Gasteiger partial charge in [0, 0.05) is 17.8 Å². The molecule has 0 aliphatic carbocycles. The molecule has 0 heterocycles. The second-order valence-corrected chi connectivity index (χ2v) is 6.66. The topological polar surface area (TPSA) is 111 Å². The SMILES string of the molecule is CCOC(=O)c1ccc(NC(=O)C(CC(=O)Nc2ccc(OCC)cc2)C(C)=O)cc1. The number of nitrogens with one attached hydrogen (secondary N) is 2. The van der Waals surface area contributed by atoms with Crippen molar-refractivity contribution < 1.29 is 28.7 Å². The lowest BCUT2D eigenvalue weighted by Gasteiger charge is -2.14.